The van der Waals surface area contributed by atoms with Gasteiger partial charge in [-0.15, -0.1) is 0 Å². The number of hydrogen-bond donors (Lipinski definition) is 0. The van der Waals surface area contributed by atoms with E-state index in [0.29, 0.717) is 12.2 Å². The van der Waals surface area contributed by atoms with E-state index in [1.165, 1.54) is 0 Å². The van der Waals surface area contributed by atoms with E-state index in [-0.39, 0.29) is 6.10 Å². The zero-order chi connectivity index (χ0) is 8.55. The number of carbonyl (C=O) groups is 1. The Morgan fingerprint density at radius 2 is 2.50 bits per heavy atom. The van der Waals surface area contributed by atoms with Crippen molar-refractivity contribution in [3.63, 3.8) is 0 Å². The number of halogens is 1. The minimum absolute atomic E-state index is 0.0322. The lowest BCUT2D eigenvalue weighted by Crippen LogP contribution is -2.09. The zero-order valence-electron chi connectivity index (χ0n) is 6.29. The van der Waals surface area contributed by atoms with Crippen molar-refractivity contribution in [1.82, 2.24) is 0 Å². The van der Waals surface area contributed by atoms with Crippen molar-refractivity contribution in [2.45, 2.75) is 6.10 Å². The number of ether oxygens (including phenoxy) is 1. The summed E-state index contributed by atoms with van der Waals surface area (Å²) < 4.78 is 5.31. The van der Waals surface area contributed by atoms with Crippen molar-refractivity contribution >= 4 is 16.8 Å². The Bertz CT molecular complexity index is 312. The van der Waals surface area contributed by atoms with E-state index in [1.54, 1.807) is 12.2 Å². The second-order valence-electron chi connectivity index (χ2n) is 2.69. The van der Waals surface area contributed by atoms with Gasteiger partial charge in [0.15, 0.2) is 0 Å². The largest absolute Gasteiger partial charge is 0.365 e. The molecule has 0 aromatic carbocycles. The molecule has 1 atom stereocenters. The molecule has 0 bridgehead atoms. The number of carbonyl (C=O) groups excluding carboxylic acids is 1. The maximum Gasteiger partial charge on any atom is 0.252 e. The molecule has 1 aliphatic heterocycles. The quantitative estimate of drug-likeness (QED) is 0.576. The smallest absolute Gasteiger partial charge is 0.252 e. The Balaban J connectivity index is 2.31. The monoisotopic (exact) mass is 182 g/mol. The third-order valence-corrected chi connectivity index (χ3v) is 2.14. The molecule has 0 N–H and O–H groups in total. The van der Waals surface area contributed by atoms with Crippen LogP contribution in [0.3, 0.4) is 0 Å². The third-order valence-electron chi connectivity index (χ3n) is 1.92. The van der Waals surface area contributed by atoms with Crippen molar-refractivity contribution in [2.24, 2.45) is 0 Å². The van der Waals surface area contributed by atoms with Gasteiger partial charge in [0.1, 0.15) is 6.10 Å². The van der Waals surface area contributed by atoms with Gasteiger partial charge in [-0.1, -0.05) is 18.2 Å². The summed E-state index contributed by atoms with van der Waals surface area (Å²) >= 11 is 5.32. The highest BCUT2D eigenvalue weighted by molar-refractivity contribution is 6.68. The minimum Gasteiger partial charge on any atom is -0.365 e. The Morgan fingerprint density at radius 1 is 1.67 bits per heavy atom. The molecular weight excluding hydrogens is 176 g/mol. The highest BCUT2D eigenvalue weighted by Crippen LogP contribution is 2.24. The van der Waals surface area contributed by atoms with Gasteiger partial charge in [-0.25, -0.2) is 0 Å². The van der Waals surface area contributed by atoms with Crippen LogP contribution in [-0.4, -0.2) is 18.0 Å². The van der Waals surface area contributed by atoms with Gasteiger partial charge in [0.2, 0.25) is 0 Å². The van der Waals surface area contributed by atoms with Gasteiger partial charge in [-0.05, 0) is 23.3 Å². The first-order chi connectivity index (χ1) is 5.77. The standard InChI is InChI=1S/C9H7ClO2/c10-9(11)7-1-2-8-6(5-7)3-4-12-8/h1-3,5,8H,4H2. The number of rotatable bonds is 1. The van der Waals surface area contributed by atoms with E-state index in [2.05, 4.69) is 0 Å². The highest BCUT2D eigenvalue weighted by Gasteiger charge is 2.20. The van der Waals surface area contributed by atoms with Crippen molar-refractivity contribution in [1.29, 1.82) is 0 Å². The van der Waals surface area contributed by atoms with E-state index in [0.717, 1.165) is 5.57 Å². The van der Waals surface area contributed by atoms with E-state index < -0.39 is 5.24 Å². The number of hydrogen-bond acceptors (Lipinski definition) is 2. The maximum absolute atomic E-state index is 10.8. The van der Waals surface area contributed by atoms with Crippen molar-refractivity contribution in [3.8, 4) is 0 Å². The molecule has 1 heterocycles. The first-order valence-electron chi connectivity index (χ1n) is 3.69. The van der Waals surface area contributed by atoms with Crippen LogP contribution in [0.2, 0.25) is 0 Å². The lowest BCUT2D eigenvalue weighted by atomic mass is 10.0. The average Bonchev–Trinajstić information content (AvgIpc) is 2.49. The van der Waals surface area contributed by atoms with E-state index in [1.807, 2.05) is 12.2 Å². The Morgan fingerprint density at radius 3 is 3.25 bits per heavy atom. The Kier molecular flexibility index (Phi) is 1.87. The number of fused-ring (bicyclic) bond motifs is 1. The van der Waals surface area contributed by atoms with Gasteiger partial charge in [0.05, 0.1) is 6.61 Å². The fourth-order valence-corrected chi connectivity index (χ4v) is 1.43. The Hall–Kier alpha value is -0.860. The van der Waals surface area contributed by atoms with Crippen LogP contribution < -0.4 is 0 Å². The van der Waals surface area contributed by atoms with Crippen molar-refractivity contribution < 1.29 is 9.53 Å². The van der Waals surface area contributed by atoms with Crippen LogP contribution in [0.25, 0.3) is 0 Å². The highest BCUT2D eigenvalue weighted by atomic mass is 35.5. The minimum atomic E-state index is -0.419. The summed E-state index contributed by atoms with van der Waals surface area (Å²) in [5, 5.41) is -0.419. The van der Waals surface area contributed by atoms with Gasteiger partial charge in [0.25, 0.3) is 5.24 Å². The molecule has 12 heavy (non-hydrogen) atoms. The summed E-state index contributed by atoms with van der Waals surface area (Å²) in [5.41, 5.74) is 1.56. The molecule has 0 saturated heterocycles. The summed E-state index contributed by atoms with van der Waals surface area (Å²) in [5.74, 6) is 0. The van der Waals surface area contributed by atoms with Crippen LogP contribution in [0.15, 0.2) is 35.5 Å². The van der Waals surface area contributed by atoms with Gasteiger partial charge < -0.3 is 4.74 Å². The van der Waals surface area contributed by atoms with Gasteiger partial charge >= 0.3 is 0 Å². The molecule has 1 unspecified atom stereocenters. The van der Waals surface area contributed by atoms with E-state index >= 15 is 0 Å². The van der Waals surface area contributed by atoms with Crippen LogP contribution >= 0.6 is 11.6 Å². The van der Waals surface area contributed by atoms with E-state index in [9.17, 15) is 4.79 Å². The molecule has 0 aromatic rings. The predicted octanol–water partition coefficient (Wildman–Crippen LogP) is 1.57. The van der Waals surface area contributed by atoms with Gasteiger partial charge in [0, 0.05) is 5.57 Å². The van der Waals surface area contributed by atoms with Gasteiger partial charge in [-0.3, -0.25) is 4.79 Å². The Labute approximate surface area is 75.2 Å². The summed E-state index contributed by atoms with van der Waals surface area (Å²) in [4.78, 5) is 10.8. The molecule has 2 rings (SSSR count). The molecule has 2 aliphatic rings. The third kappa shape index (κ3) is 1.24. The molecule has 0 saturated carbocycles. The predicted molar refractivity (Wildman–Crippen MR) is 45.9 cm³/mol. The SMILES string of the molecule is O=C(Cl)C1=CC2=CCOC2C=C1. The van der Waals surface area contributed by atoms with Crippen LogP contribution in [0.4, 0.5) is 0 Å². The normalized spacial score (nSPS) is 26.2. The van der Waals surface area contributed by atoms with Crippen LogP contribution in [0.1, 0.15) is 0 Å². The van der Waals surface area contributed by atoms with Crippen molar-refractivity contribution in [2.75, 3.05) is 6.61 Å². The summed E-state index contributed by atoms with van der Waals surface area (Å²) in [6.45, 7) is 0.616. The molecule has 0 aromatic heterocycles. The fourth-order valence-electron chi connectivity index (χ4n) is 1.31. The lowest BCUT2D eigenvalue weighted by Gasteiger charge is -2.11. The van der Waals surface area contributed by atoms with E-state index in [4.69, 9.17) is 16.3 Å². The first kappa shape index (κ1) is 7.77. The molecule has 0 spiro atoms. The van der Waals surface area contributed by atoms with Crippen LogP contribution in [-0.2, 0) is 9.53 Å². The van der Waals surface area contributed by atoms with Gasteiger partial charge in [-0.2, -0.15) is 0 Å². The molecule has 3 heteroatoms. The van der Waals surface area contributed by atoms with Crippen LogP contribution in [0.5, 0.6) is 0 Å². The first-order valence-corrected chi connectivity index (χ1v) is 4.06. The van der Waals surface area contributed by atoms with Crippen LogP contribution in [0, 0.1) is 0 Å². The lowest BCUT2D eigenvalue weighted by molar-refractivity contribution is -0.108. The summed E-state index contributed by atoms with van der Waals surface area (Å²) in [7, 11) is 0. The average molecular weight is 183 g/mol. The molecule has 0 fully saturated rings. The zero-order valence-corrected chi connectivity index (χ0v) is 7.04. The molecule has 0 amide bonds. The summed E-state index contributed by atoms with van der Waals surface area (Å²) in [6, 6.07) is 0. The topological polar surface area (TPSA) is 26.3 Å². The molecular formula is C9H7ClO2. The molecule has 0 radical (unpaired) electrons. The fraction of sp³-hybridized carbons (Fsp3) is 0.222. The maximum atomic E-state index is 10.8. The number of allylic oxidation sites excluding steroid dienone is 2. The second kappa shape index (κ2) is 2.88. The second-order valence-corrected chi connectivity index (χ2v) is 3.03. The van der Waals surface area contributed by atoms with Crippen molar-refractivity contribution in [3.05, 3.63) is 35.5 Å². The molecule has 62 valence electrons. The molecule has 1 aliphatic carbocycles. The summed E-state index contributed by atoms with van der Waals surface area (Å²) in [6.07, 6.45) is 7.29. The molecule has 2 nitrogen and oxygen atoms in total.